The summed E-state index contributed by atoms with van der Waals surface area (Å²) < 4.78 is 29.8. The number of nitrogens with zero attached hydrogens (tertiary/aromatic N) is 4. The second-order valence-corrected chi connectivity index (χ2v) is 6.97. The van der Waals surface area contributed by atoms with Gasteiger partial charge in [0.1, 0.15) is 23.0 Å². The van der Waals surface area contributed by atoms with Crippen LogP contribution in [0, 0.1) is 17.6 Å². The molecule has 1 saturated carbocycles. The number of carbonyl (C=O) groups is 1. The van der Waals surface area contributed by atoms with Gasteiger partial charge in [0, 0.05) is 41.1 Å². The molecule has 0 bridgehead atoms. The van der Waals surface area contributed by atoms with Gasteiger partial charge in [-0.2, -0.15) is 0 Å². The second-order valence-electron chi connectivity index (χ2n) is 6.97. The Kier molecular flexibility index (Phi) is 4.04. The lowest BCUT2D eigenvalue weighted by Crippen LogP contribution is -2.13. The minimum atomic E-state index is -0.488. The molecule has 8 heteroatoms. The van der Waals surface area contributed by atoms with Crippen LogP contribution in [-0.2, 0) is 4.79 Å². The van der Waals surface area contributed by atoms with E-state index in [2.05, 4.69) is 20.4 Å². The molecule has 0 atom stereocenters. The number of nitrogens with one attached hydrogen (secondary N) is 1. The van der Waals surface area contributed by atoms with E-state index in [0.717, 1.165) is 12.8 Å². The summed E-state index contributed by atoms with van der Waals surface area (Å²) in [5.74, 6) is -0.952. The minimum absolute atomic E-state index is 0.0467. The van der Waals surface area contributed by atoms with E-state index in [0.29, 0.717) is 22.3 Å². The highest BCUT2D eigenvalue weighted by atomic mass is 19.1. The zero-order chi connectivity index (χ0) is 20.0. The van der Waals surface area contributed by atoms with Crippen LogP contribution in [0.25, 0.3) is 28.0 Å². The molecule has 1 N–H and O–H groups in total. The molecule has 3 aromatic heterocycles. The van der Waals surface area contributed by atoms with Crippen molar-refractivity contribution in [2.45, 2.75) is 12.8 Å². The molecule has 0 spiro atoms. The van der Waals surface area contributed by atoms with Gasteiger partial charge in [0.05, 0.1) is 0 Å². The van der Waals surface area contributed by atoms with Crippen LogP contribution in [0.1, 0.15) is 12.8 Å². The molecule has 0 aliphatic heterocycles. The van der Waals surface area contributed by atoms with Crippen molar-refractivity contribution in [1.82, 2.24) is 19.7 Å². The Hall–Kier alpha value is -3.68. The molecule has 3 heterocycles. The zero-order valence-corrected chi connectivity index (χ0v) is 15.1. The quantitative estimate of drug-likeness (QED) is 0.568. The van der Waals surface area contributed by atoms with Crippen LogP contribution in [0.3, 0.4) is 0 Å². The van der Waals surface area contributed by atoms with Crippen LogP contribution >= 0.6 is 0 Å². The molecule has 0 saturated heterocycles. The van der Waals surface area contributed by atoms with E-state index in [9.17, 15) is 13.6 Å². The van der Waals surface area contributed by atoms with Gasteiger partial charge in [-0.05, 0) is 49.2 Å². The lowest BCUT2D eigenvalue weighted by Gasteiger charge is -2.08. The smallest absolute Gasteiger partial charge is 0.227 e. The van der Waals surface area contributed by atoms with Gasteiger partial charge in [0.15, 0.2) is 5.65 Å². The molecule has 144 valence electrons. The first-order chi connectivity index (χ1) is 14.1. The summed E-state index contributed by atoms with van der Waals surface area (Å²) in [6.45, 7) is 0. The van der Waals surface area contributed by atoms with Crippen molar-refractivity contribution in [3.05, 3.63) is 66.6 Å². The fourth-order valence-electron chi connectivity index (χ4n) is 3.12. The van der Waals surface area contributed by atoms with Crippen LogP contribution in [0.4, 0.5) is 14.5 Å². The lowest BCUT2D eigenvalue weighted by atomic mass is 10.1. The van der Waals surface area contributed by atoms with Crippen LogP contribution in [-0.4, -0.2) is 25.7 Å². The number of fused-ring (bicyclic) bond motifs is 1. The first kappa shape index (κ1) is 17.4. The van der Waals surface area contributed by atoms with E-state index in [1.54, 1.807) is 12.3 Å². The van der Waals surface area contributed by atoms with Crippen LogP contribution in [0.2, 0.25) is 0 Å². The van der Waals surface area contributed by atoms with E-state index >= 15 is 0 Å². The fraction of sp³-hybridized carbons (Fsp3) is 0.143. The van der Waals surface area contributed by atoms with Crippen molar-refractivity contribution >= 4 is 22.6 Å². The normalized spacial score (nSPS) is 13.6. The van der Waals surface area contributed by atoms with Crippen molar-refractivity contribution in [3.8, 4) is 16.9 Å². The minimum Gasteiger partial charge on any atom is -0.326 e. The highest BCUT2D eigenvalue weighted by Crippen LogP contribution is 2.31. The first-order valence-corrected chi connectivity index (χ1v) is 9.15. The molecule has 1 aliphatic carbocycles. The number of rotatable bonds is 4. The number of hydrogen-bond acceptors (Lipinski definition) is 4. The number of benzene rings is 1. The Morgan fingerprint density at radius 1 is 1.10 bits per heavy atom. The Labute approximate surface area is 164 Å². The third-order valence-electron chi connectivity index (χ3n) is 4.80. The molecule has 1 amide bonds. The van der Waals surface area contributed by atoms with Gasteiger partial charge in [-0.15, -0.1) is 5.10 Å². The molecule has 1 aliphatic rings. The third kappa shape index (κ3) is 3.33. The Morgan fingerprint density at radius 3 is 2.76 bits per heavy atom. The average molecular weight is 391 g/mol. The molecule has 0 unspecified atom stereocenters. The summed E-state index contributed by atoms with van der Waals surface area (Å²) in [5.41, 5.74) is 1.76. The van der Waals surface area contributed by atoms with Gasteiger partial charge < -0.3 is 5.32 Å². The zero-order valence-electron chi connectivity index (χ0n) is 15.1. The van der Waals surface area contributed by atoms with Gasteiger partial charge in [-0.1, -0.05) is 0 Å². The lowest BCUT2D eigenvalue weighted by molar-refractivity contribution is -0.117. The summed E-state index contributed by atoms with van der Waals surface area (Å²) in [4.78, 5) is 20.3. The fourth-order valence-corrected chi connectivity index (χ4v) is 3.12. The molecule has 0 radical (unpaired) electrons. The van der Waals surface area contributed by atoms with Crippen molar-refractivity contribution in [2.24, 2.45) is 5.92 Å². The van der Waals surface area contributed by atoms with Gasteiger partial charge >= 0.3 is 0 Å². The Balaban J connectivity index is 1.52. The standard InChI is InChI=1S/C21H15F2N5O/c22-16-6-5-15(26-21(29)12-3-4-12)9-18(16)28-11-14-8-13(10-25-20(14)27-28)19-17(23)2-1-7-24-19/h1-2,5-12H,3-4H2,(H,26,29). The number of anilines is 1. The maximum absolute atomic E-state index is 14.4. The first-order valence-electron chi connectivity index (χ1n) is 9.15. The van der Waals surface area contributed by atoms with E-state index in [4.69, 9.17) is 0 Å². The molecule has 1 fully saturated rings. The molecule has 1 aromatic carbocycles. The Bertz CT molecular complexity index is 1250. The highest BCUT2D eigenvalue weighted by molar-refractivity contribution is 5.94. The molecule has 5 rings (SSSR count). The third-order valence-corrected chi connectivity index (χ3v) is 4.80. The van der Waals surface area contributed by atoms with Crippen LogP contribution < -0.4 is 5.32 Å². The molecular formula is C21H15F2N5O. The number of hydrogen-bond donors (Lipinski definition) is 1. The summed E-state index contributed by atoms with van der Waals surface area (Å²) in [6, 6.07) is 8.87. The van der Waals surface area contributed by atoms with E-state index in [1.165, 1.54) is 47.4 Å². The molecule has 4 aromatic rings. The SMILES string of the molecule is O=C(Nc1ccc(F)c(-n2cc3cc(-c4ncccc4F)cnc3n2)c1)C1CC1. The van der Waals surface area contributed by atoms with Gasteiger partial charge in [0.2, 0.25) is 5.91 Å². The predicted octanol–water partition coefficient (Wildman–Crippen LogP) is 4.11. The van der Waals surface area contributed by atoms with E-state index in [1.807, 2.05) is 0 Å². The summed E-state index contributed by atoms with van der Waals surface area (Å²) >= 11 is 0. The number of halogens is 2. The number of amides is 1. The topological polar surface area (TPSA) is 72.7 Å². The van der Waals surface area contributed by atoms with Crippen molar-refractivity contribution in [3.63, 3.8) is 0 Å². The number of aromatic nitrogens is 4. The monoisotopic (exact) mass is 391 g/mol. The average Bonchev–Trinajstić information content (AvgIpc) is 3.49. The number of carbonyl (C=O) groups excluding carboxylic acids is 1. The molecule has 29 heavy (non-hydrogen) atoms. The number of pyridine rings is 2. The summed E-state index contributed by atoms with van der Waals surface area (Å²) in [6.07, 6.45) is 6.36. The van der Waals surface area contributed by atoms with Gasteiger partial charge in [-0.25, -0.2) is 18.4 Å². The maximum Gasteiger partial charge on any atom is 0.227 e. The second kappa shape index (κ2) is 6.73. The van der Waals surface area contributed by atoms with Gasteiger partial charge in [0.25, 0.3) is 0 Å². The van der Waals surface area contributed by atoms with Crippen molar-refractivity contribution < 1.29 is 13.6 Å². The predicted molar refractivity (Wildman–Crippen MR) is 103 cm³/mol. The Morgan fingerprint density at radius 2 is 1.97 bits per heavy atom. The highest BCUT2D eigenvalue weighted by Gasteiger charge is 2.29. The van der Waals surface area contributed by atoms with Crippen molar-refractivity contribution in [1.29, 1.82) is 0 Å². The van der Waals surface area contributed by atoms with Gasteiger partial charge in [-0.3, -0.25) is 9.78 Å². The summed E-state index contributed by atoms with van der Waals surface area (Å²) in [7, 11) is 0. The maximum atomic E-state index is 14.4. The van der Waals surface area contributed by atoms with E-state index in [-0.39, 0.29) is 23.2 Å². The van der Waals surface area contributed by atoms with Crippen molar-refractivity contribution in [2.75, 3.05) is 5.32 Å². The molecular weight excluding hydrogens is 376 g/mol. The van der Waals surface area contributed by atoms with E-state index < -0.39 is 11.6 Å². The largest absolute Gasteiger partial charge is 0.326 e. The van der Waals surface area contributed by atoms with Crippen LogP contribution in [0.5, 0.6) is 0 Å². The summed E-state index contributed by atoms with van der Waals surface area (Å²) in [5, 5.41) is 7.72. The van der Waals surface area contributed by atoms with Crippen LogP contribution in [0.15, 0.2) is 55.0 Å². The molecule has 6 nitrogen and oxygen atoms in total.